The Morgan fingerprint density at radius 3 is 1.65 bits per heavy atom. The van der Waals surface area contributed by atoms with Crippen LogP contribution in [0.25, 0.3) is 77.6 Å². The van der Waals surface area contributed by atoms with E-state index in [1.807, 2.05) is 18.2 Å². The Bertz CT molecular complexity index is 2150. The summed E-state index contributed by atoms with van der Waals surface area (Å²) in [7, 11) is 0. The number of benzene rings is 6. The molecule has 0 aliphatic rings. The molecule has 6 aromatic carbocycles. The second-order valence-corrected chi connectivity index (χ2v) is 10.1. The maximum Gasteiger partial charge on any atom is 0.143 e. The first kappa shape index (κ1) is 22.6. The fourth-order valence-corrected chi connectivity index (χ4v) is 5.87. The fourth-order valence-electron chi connectivity index (χ4n) is 5.87. The second-order valence-electron chi connectivity index (χ2n) is 10.1. The van der Waals surface area contributed by atoms with E-state index in [9.17, 15) is 0 Å². The number of rotatable bonds is 4. The number of furan rings is 2. The Hall–Kier alpha value is -5.34. The molecular formula is C38H24O2. The molecule has 0 bridgehead atoms. The predicted octanol–water partition coefficient (Wildman–Crippen LogP) is 11.0. The highest BCUT2D eigenvalue weighted by Gasteiger charge is 2.22. The SMILES string of the molecule is c1ccc(-c2cccc(-c3ccc4oc5ccccc5c4c3)c2-c2oc(-c3ccccc3)c3ccccc23)cc1. The van der Waals surface area contributed by atoms with Crippen LogP contribution < -0.4 is 0 Å². The van der Waals surface area contributed by atoms with E-state index >= 15 is 0 Å². The zero-order chi connectivity index (χ0) is 26.5. The summed E-state index contributed by atoms with van der Waals surface area (Å²) in [5, 5.41) is 4.43. The van der Waals surface area contributed by atoms with Crippen molar-refractivity contribution in [3.8, 4) is 44.9 Å². The van der Waals surface area contributed by atoms with E-state index in [2.05, 4.69) is 127 Å². The Morgan fingerprint density at radius 2 is 0.900 bits per heavy atom. The molecule has 2 heterocycles. The van der Waals surface area contributed by atoms with E-state index in [1.54, 1.807) is 0 Å². The average molecular weight is 513 g/mol. The molecule has 8 aromatic rings. The summed E-state index contributed by atoms with van der Waals surface area (Å²) in [6, 6.07) is 50.7. The third kappa shape index (κ3) is 3.58. The molecule has 8 rings (SSSR count). The smallest absolute Gasteiger partial charge is 0.143 e. The molecule has 40 heavy (non-hydrogen) atoms. The maximum atomic E-state index is 6.89. The quantitative estimate of drug-likeness (QED) is 0.234. The van der Waals surface area contributed by atoms with Crippen molar-refractivity contribution in [1.29, 1.82) is 0 Å². The molecule has 0 radical (unpaired) electrons. The number of hydrogen-bond donors (Lipinski definition) is 0. The van der Waals surface area contributed by atoms with Crippen LogP contribution in [0, 0.1) is 0 Å². The summed E-state index contributed by atoms with van der Waals surface area (Å²) >= 11 is 0. The van der Waals surface area contributed by atoms with Gasteiger partial charge in [0.05, 0.1) is 0 Å². The summed E-state index contributed by atoms with van der Waals surface area (Å²) in [5.41, 5.74) is 8.46. The van der Waals surface area contributed by atoms with Crippen molar-refractivity contribution in [2.24, 2.45) is 0 Å². The van der Waals surface area contributed by atoms with Crippen molar-refractivity contribution in [3.05, 3.63) is 146 Å². The molecule has 0 aliphatic heterocycles. The van der Waals surface area contributed by atoms with Crippen LogP contribution in [-0.4, -0.2) is 0 Å². The van der Waals surface area contributed by atoms with Crippen molar-refractivity contribution in [1.82, 2.24) is 0 Å². The second kappa shape index (κ2) is 9.14. The third-order valence-corrected chi connectivity index (χ3v) is 7.72. The van der Waals surface area contributed by atoms with Crippen molar-refractivity contribution in [2.45, 2.75) is 0 Å². The van der Waals surface area contributed by atoms with Gasteiger partial charge in [-0.3, -0.25) is 0 Å². The van der Waals surface area contributed by atoms with E-state index in [0.717, 1.165) is 77.6 Å². The Morgan fingerprint density at radius 1 is 0.325 bits per heavy atom. The molecule has 2 heteroatoms. The van der Waals surface area contributed by atoms with E-state index in [1.165, 1.54) is 0 Å². The number of para-hydroxylation sites is 1. The first-order valence-electron chi connectivity index (χ1n) is 13.5. The molecule has 0 spiro atoms. The van der Waals surface area contributed by atoms with Crippen molar-refractivity contribution in [3.63, 3.8) is 0 Å². The molecule has 188 valence electrons. The zero-order valence-corrected chi connectivity index (χ0v) is 21.7. The van der Waals surface area contributed by atoms with Gasteiger partial charge in [0.1, 0.15) is 22.7 Å². The van der Waals surface area contributed by atoms with Crippen LogP contribution in [0.5, 0.6) is 0 Å². The van der Waals surface area contributed by atoms with Crippen LogP contribution in [0.3, 0.4) is 0 Å². The average Bonchev–Trinajstić information content (AvgIpc) is 3.60. The van der Waals surface area contributed by atoms with Gasteiger partial charge in [0.25, 0.3) is 0 Å². The molecule has 0 atom stereocenters. The van der Waals surface area contributed by atoms with Crippen LogP contribution in [0.15, 0.2) is 154 Å². The predicted molar refractivity (Wildman–Crippen MR) is 165 cm³/mol. The monoisotopic (exact) mass is 512 g/mol. The first-order chi connectivity index (χ1) is 19.8. The van der Waals surface area contributed by atoms with Crippen molar-refractivity contribution in [2.75, 3.05) is 0 Å². The molecule has 2 nitrogen and oxygen atoms in total. The van der Waals surface area contributed by atoms with Gasteiger partial charge in [-0.1, -0.05) is 127 Å². The minimum atomic E-state index is 0.876. The van der Waals surface area contributed by atoms with Gasteiger partial charge >= 0.3 is 0 Å². The van der Waals surface area contributed by atoms with Gasteiger partial charge in [-0.05, 0) is 40.5 Å². The fraction of sp³-hybridized carbons (Fsp3) is 0. The van der Waals surface area contributed by atoms with Gasteiger partial charge in [-0.25, -0.2) is 0 Å². The van der Waals surface area contributed by atoms with Crippen LogP contribution in [-0.2, 0) is 0 Å². The van der Waals surface area contributed by atoms with E-state index in [-0.39, 0.29) is 0 Å². The topological polar surface area (TPSA) is 26.3 Å². The normalized spacial score (nSPS) is 11.5. The standard InChI is InChI=1S/C38H24O2/c1-3-12-25(13-4-1)28-19-11-20-29(27-22-23-35-33(24-27)30-16-9-10-21-34(30)39-35)36(28)38-32-18-8-7-17-31(32)37(40-38)26-14-5-2-6-15-26/h1-24H. The molecule has 2 aromatic heterocycles. The van der Waals surface area contributed by atoms with Crippen LogP contribution in [0.4, 0.5) is 0 Å². The summed E-state index contributed by atoms with van der Waals surface area (Å²) in [6.45, 7) is 0. The Labute approximate surface area is 231 Å². The van der Waals surface area contributed by atoms with E-state index in [4.69, 9.17) is 8.83 Å². The Balaban J connectivity index is 1.45. The molecule has 0 aliphatic carbocycles. The summed E-state index contributed by atoms with van der Waals surface area (Å²) in [6.07, 6.45) is 0. The lowest BCUT2D eigenvalue weighted by molar-refractivity contribution is 0.602. The first-order valence-corrected chi connectivity index (χ1v) is 13.5. The van der Waals surface area contributed by atoms with Gasteiger partial charge in [0.15, 0.2) is 0 Å². The minimum Gasteiger partial charge on any atom is -0.456 e. The molecule has 0 unspecified atom stereocenters. The van der Waals surface area contributed by atoms with E-state index < -0.39 is 0 Å². The van der Waals surface area contributed by atoms with Gasteiger partial charge in [-0.15, -0.1) is 0 Å². The summed E-state index contributed by atoms with van der Waals surface area (Å²) in [5.74, 6) is 1.76. The largest absolute Gasteiger partial charge is 0.456 e. The molecule has 0 saturated heterocycles. The molecule has 0 N–H and O–H groups in total. The van der Waals surface area contributed by atoms with Gasteiger partial charge < -0.3 is 8.83 Å². The highest BCUT2D eigenvalue weighted by atomic mass is 16.3. The van der Waals surface area contributed by atoms with Gasteiger partial charge in [0.2, 0.25) is 0 Å². The number of hydrogen-bond acceptors (Lipinski definition) is 2. The number of fused-ring (bicyclic) bond motifs is 4. The highest BCUT2D eigenvalue weighted by molar-refractivity contribution is 6.10. The van der Waals surface area contributed by atoms with Gasteiger partial charge in [-0.2, -0.15) is 0 Å². The Kier molecular flexibility index (Phi) is 5.17. The molecule has 0 saturated carbocycles. The lowest BCUT2D eigenvalue weighted by atomic mass is 9.89. The lowest BCUT2D eigenvalue weighted by Crippen LogP contribution is -1.90. The van der Waals surface area contributed by atoms with Crippen molar-refractivity contribution >= 4 is 32.7 Å². The van der Waals surface area contributed by atoms with Crippen LogP contribution >= 0.6 is 0 Å². The zero-order valence-electron chi connectivity index (χ0n) is 21.7. The molecule has 0 fully saturated rings. The maximum absolute atomic E-state index is 6.89. The molecular weight excluding hydrogens is 488 g/mol. The van der Waals surface area contributed by atoms with Crippen molar-refractivity contribution < 1.29 is 8.83 Å². The molecule has 0 amide bonds. The third-order valence-electron chi connectivity index (χ3n) is 7.72. The highest BCUT2D eigenvalue weighted by Crippen LogP contribution is 2.47. The lowest BCUT2D eigenvalue weighted by Gasteiger charge is -2.15. The van der Waals surface area contributed by atoms with E-state index in [0.29, 0.717) is 0 Å². The summed E-state index contributed by atoms with van der Waals surface area (Å²) in [4.78, 5) is 0. The summed E-state index contributed by atoms with van der Waals surface area (Å²) < 4.78 is 13.0. The minimum absolute atomic E-state index is 0.876. The van der Waals surface area contributed by atoms with Crippen LogP contribution in [0.2, 0.25) is 0 Å². The van der Waals surface area contributed by atoms with Crippen LogP contribution in [0.1, 0.15) is 0 Å². The van der Waals surface area contributed by atoms with Gasteiger partial charge in [0, 0.05) is 32.7 Å².